The molecule has 0 spiro atoms. The van der Waals surface area contributed by atoms with Crippen molar-refractivity contribution in [2.24, 2.45) is 0 Å². The average Bonchev–Trinajstić information content (AvgIpc) is 3.06. The molecule has 4 rings (SSSR count). The highest BCUT2D eigenvalue weighted by Gasteiger charge is 2.31. The van der Waals surface area contributed by atoms with E-state index < -0.39 is 15.8 Å². The molecule has 0 saturated carbocycles. The molecule has 25 heavy (non-hydrogen) atoms. The molecule has 2 aromatic carbocycles. The lowest BCUT2D eigenvalue weighted by Gasteiger charge is -2.30. The fraction of sp³-hybridized carbons (Fsp3) is 0.278. The molecule has 2 heterocycles. The Kier molecular flexibility index (Phi) is 4.05. The lowest BCUT2D eigenvalue weighted by molar-refractivity contribution is 0.314. The molecule has 3 aromatic rings. The second-order valence-corrected chi connectivity index (χ2v) is 8.21. The van der Waals surface area contributed by atoms with Crippen LogP contribution in [0.15, 0.2) is 53.4 Å². The second kappa shape index (κ2) is 6.24. The molecule has 0 atom stereocenters. The summed E-state index contributed by atoms with van der Waals surface area (Å²) in [5.74, 6) is 0.564. The first-order chi connectivity index (χ1) is 12.0. The quantitative estimate of drug-likeness (QED) is 0.780. The molecular formula is C18H18FN3O2S. The Morgan fingerprint density at radius 3 is 2.56 bits per heavy atom. The van der Waals surface area contributed by atoms with E-state index in [9.17, 15) is 12.8 Å². The van der Waals surface area contributed by atoms with Crippen LogP contribution in [-0.2, 0) is 10.0 Å². The number of H-pyrrole nitrogens is 1. The molecule has 1 fully saturated rings. The van der Waals surface area contributed by atoms with Crippen LogP contribution >= 0.6 is 0 Å². The second-order valence-electron chi connectivity index (χ2n) is 6.27. The molecule has 0 aliphatic carbocycles. The maximum Gasteiger partial charge on any atom is 0.243 e. The SMILES string of the molecule is O=S(=O)(c1cccc(F)c1)N1CCC(c2nc3ccccc3[nH]2)CC1. The van der Waals surface area contributed by atoms with E-state index in [1.54, 1.807) is 0 Å². The van der Waals surface area contributed by atoms with Gasteiger partial charge in [0.15, 0.2) is 0 Å². The third-order valence-corrected chi connectivity index (χ3v) is 6.58. The van der Waals surface area contributed by atoms with Gasteiger partial charge in [-0.1, -0.05) is 18.2 Å². The monoisotopic (exact) mass is 359 g/mol. The number of halogens is 1. The smallest absolute Gasteiger partial charge is 0.243 e. The van der Waals surface area contributed by atoms with E-state index in [0.717, 1.165) is 22.9 Å². The van der Waals surface area contributed by atoms with Crippen molar-refractivity contribution in [3.8, 4) is 0 Å². The summed E-state index contributed by atoms with van der Waals surface area (Å²) >= 11 is 0. The third-order valence-electron chi connectivity index (χ3n) is 4.68. The Balaban J connectivity index is 1.51. The first-order valence-corrected chi connectivity index (χ1v) is 9.68. The molecule has 0 unspecified atom stereocenters. The number of piperidine rings is 1. The number of sulfonamides is 1. The van der Waals surface area contributed by atoms with Crippen molar-refractivity contribution in [1.82, 2.24) is 14.3 Å². The standard InChI is InChI=1S/C18H18FN3O2S/c19-14-4-3-5-15(12-14)25(23,24)22-10-8-13(9-11-22)18-20-16-6-1-2-7-17(16)21-18/h1-7,12-13H,8-11H2,(H,20,21). The predicted octanol–water partition coefficient (Wildman–Crippen LogP) is 3.27. The topological polar surface area (TPSA) is 66.1 Å². The van der Waals surface area contributed by atoms with Crippen LogP contribution < -0.4 is 0 Å². The van der Waals surface area contributed by atoms with E-state index in [-0.39, 0.29) is 10.8 Å². The number of rotatable bonds is 3. The lowest BCUT2D eigenvalue weighted by atomic mass is 9.97. The van der Waals surface area contributed by atoms with E-state index in [2.05, 4.69) is 9.97 Å². The van der Waals surface area contributed by atoms with Crippen LogP contribution in [0.1, 0.15) is 24.6 Å². The van der Waals surface area contributed by atoms with E-state index in [1.807, 2.05) is 24.3 Å². The third kappa shape index (κ3) is 3.05. The summed E-state index contributed by atoms with van der Waals surface area (Å²) in [5.41, 5.74) is 1.92. The normalized spacial score (nSPS) is 17.2. The molecule has 1 saturated heterocycles. The van der Waals surface area contributed by atoms with Gasteiger partial charge in [0, 0.05) is 19.0 Å². The van der Waals surface area contributed by atoms with Crippen LogP contribution in [0.3, 0.4) is 0 Å². The van der Waals surface area contributed by atoms with E-state index in [1.165, 1.54) is 22.5 Å². The molecule has 1 aliphatic rings. The molecule has 0 amide bonds. The fourth-order valence-corrected chi connectivity index (χ4v) is 4.81. The minimum atomic E-state index is -3.65. The Labute approximate surface area is 145 Å². The number of fused-ring (bicyclic) bond motifs is 1. The molecule has 1 N–H and O–H groups in total. The van der Waals surface area contributed by atoms with E-state index in [0.29, 0.717) is 25.9 Å². The summed E-state index contributed by atoms with van der Waals surface area (Å²) in [6, 6.07) is 13.0. The lowest BCUT2D eigenvalue weighted by Crippen LogP contribution is -2.38. The molecule has 1 aliphatic heterocycles. The molecule has 0 radical (unpaired) electrons. The maximum atomic E-state index is 13.4. The van der Waals surface area contributed by atoms with Crippen LogP contribution in [-0.4, -0.2) is 35.8 Å². The highest BCUT2D eigenvalue weighted by atomic mass is 32.2. The van der Waals surface area contributed by atoms with E-state index in [4.69, 9.17) is 0 Å². The minimum absolute atomic E-state index is 0.00897. The zero-order valence-corrected chi connectivity index (χ0v) is 14.3. The first-order valence-electron chi connectivity index (χ1n) is 8.24. The number of aromatic nitrogens is 2. The summed E-state index contributed by atoms with van der Waals surface area (Å²) < 4.78 is 40.1. The molecule has 130 valence electrons. The highest BCUT2D eigenvalue weighted by molar-refractivity contribution is 7.89. The van der Waals surface area contributed by atoms with Gasteiger partial charge in [-0.25, -0.2) is 17.8 Å². The van der Waals surface area contributed by atoms with E-state index >= 15 is 0 Å². The zero-order chi connectivity index (χ0) is 17.4. The van der Waals surface area contributed by atoms with Crippen molar-refractivity contribution in [2.75, 3.05) is 13.1 Å². The van der Waals surface area contributed by atoms with Crippen molar-refractivity contribution in [3.63, 3.8) is 0 Å². The zero-order valence-electron chi connectivity index (χ0n) is 13.5. The van der Waals surface area contributed by atoms with Gasteiger partial charge in [-0.15, -0.1) is 0 Å². The van der Waals surface area contributed by atoms with Gasteiger partial charge in [0.1, 0.15) is 11.6 Å². The van der Waals surface area contributed by atoms with Gasteiger partial charge in [-0.2, -0.15) is 4.31 Å². The number of hydrogen-bond acceptors (Lipinski definition) is 3. The number of imidazole rings is 1. The molecular weight excluding hydrogens is 341 g/mol. The van der Waals surface area contributed by atoms with Crippen LogP contribution in [0.5, 0.6) is 0 Å². The number of nitrogens with one attached hydrogen (secondary N) is 1. The summed E-state index contributed by atoms with van der Waals surface area (Å²) in [7, 11) is -3.65. The van der Waals surface area contributed by atoms with Crippen LogP contribution in [0.4, 0.5) is 4.39 Å². The average molecular weight is 359 g/mol. The highest BCUT2D eigenvalue weighted by Crippen LogP contribution is 2.30. The Hall–Kier alpha value is -2.25. The summed E-state index contributed by atoms with van der Waals surface area (Å²) in [5, 5.41) is 0. The predicted molar refractivity (Wildman–Crippen MR) is 93.2 cm³/mol. The van der Waals surface area contributed by atoms with Gasteiger partial charge in [0.25, 0.3) is 0 Å². The Morgan fingerprint density at radius 2 is 1.84 bits per heavy atom. The van der Waals surface area contributed by atoms with Crippen LogP contribution in [0.25, 0.3) is 11.0 Å². The largest absolute Gasteiger partial charge is 0.342 e. The van der Waals surface area contributed by atoms with Gasteiger partial charge in [-0.05, 0) is 43.2 Å². The van der Waals surface area contributed by atoms with Crippen molar-refractivity contribution in [2.45, 2.75) is 23.7 Å². The van der Waals surface area contributed by atoms with Crippen molar-refractivity contribution in [3.05, 3.63) is 60.2 Å². The number of nitrogens with zero attached hydrogens (tertiary/aromatic N) is 2. The number of aromatic amines is 1. The van der Waals surface area contributed by atoms with Crippen LogP contribution in [0, 0.1) is 5.82 Å². The van der Waals surface area contributed by atoms with Gasteiger partial charge in [0.2, 0.25) is 10.0 Å². The van der Waals surface area contributed by atoms with Crippen molar-refractivity contribution >= 4 is 21.1 Å². The van der Waals surface area contributed by atoms with Crippen molar-refractivity contribution in [1.29, 1.82) is 0 Å². The van der Waals surface area contributed by atoms with Gasteiger partial charge < -0.3 is 4.98 Å². The minimum Gasteiger partial charge on any atom is -0.342 e. The molecule has 5 nitrogen and oxygen atoms in total. The number of benzene rings is 2. The summed E-state index contributed by atoms with van der Waals surface area (Å²) in [4.78, 5) is 7.96. The van der Waals surface area contributed by atoms with Gasteiger partial charge in [-0.3, -0.25) is 0 Å². The maximum absolute atomic E-state index is 13.4. The van der Waals surface area contributed by atoms with Gasteiger partial charge >= 0.3 is 0 Å². The number of hydrogen-bond donors (Lipinski definition) is 1. The number of para-hydroxylation sites is 2. The molecule has 0 bridgehead atoms. The first kappa shape index (κ1) is 16.2. The Morgan fingerprint density at radius 1 is 1.08 bits per heavy atom. The fourth-order valence-electron chi connectivity index (χ4n) is 3.31. The molecule has 7 heteroatoms. The van der Waals surface area contributed by atoms with Gasteiger partial charge in [0.05, 0.1) is 15.9 Å². The molecule has 1 aromatic heterocycles. The van der Waals surface area contributed by atoms with Crippen LogP contribution in [0.2, 0.25) is 0 Å². The van der Waals surface area contributed by atoms with Crippen molar-refractivity contribution < 1.29 is 12.8 Å². The Bertz CT molecular complexity index is 975. The summed E-state index contributed by atoms with van der Waals surface area (Å²) in [6.45, 7) is 0.807. The summed E-state index contributed by atoms with van der Waals surface area (Å²) in [6.07, 6.45) is 1.38.